The fourth-order valence-electron chi connectivity index (χ4n) is 1.24. The van der Waals surface area contributed by atoms with Gasteiger partial charge in [-0.15, -0.1) is 0 Å². The molecule has 13 heavy (non-hydrogen) atoms. The van der Waals surface area contributed by atoms with Crippen molar-refractivity contribution in [1.29, 1.82) is 0 Å². The van der Waals surface area contributed by atoms with Gasteiger partial charge in [0.15, 0.2) is 0 Å². The smallest absolute Gasteiger partial charge is 0.126 e. The first-order chi connectivity index (χ1) is 6.13. The highest BCUT2D eigenvalue weighted by atomic mass is 19.1. The highest BCUT2D eigenvalue weighted by molar-refractivity contribution is 5.24. The van der Waals surface area contributed by atoms with E-state index >= 15 is 0 Å². The van der Waals surface area contributed by atoms with Crippen molar-refractivity contribution < 1.29 is 4.39 Å². The summed E-state index contributed by atoms with van der Waals surface area (Å²) in [7, 11) is 0. The number of benzene rings is 1. The summed E-state index contributed by atoms with van der Waals surface area (Å²) in [5.74, 6) is -0.135. The third-order valence-corrected chi connectivity index (χ3v) is 2.22. The lowest BCUT2D eigenvalue weighted by molar-refractivity contribution is 0.578. The summed E-state index contributed by atoms with van der Waals surface area (Å²) in [6.07, 6.45) is 1.51. The Hall–Kier alpha value is -0.890. The quantitative estimate of drug-likeness (QED) is 0.761. The highest BCUT2D eigenvalue weighted by Gasteiger charge is 2.06. The van der Waals surface area contributed by atoms with Crippen LogP contribution in [0.15, 0.2) is 18.2 Å². The van der Waals surface area contributed by atoms with E-state index in [9.17, 15) is 4.39 Å². The molecule has 0 amide bonds. The minimum Gasteiger partial charge on any atom is -0.327 e. The van der Waals surface area contributed by atoms with Crippen LogP contribution in [0.2, 0.25) is 0 Å². The molecule has 1 nitrogen and oxygen atoms in total. The van der Waals surface area contributed by atoms with Gasteiger partial charge in [0.2, 0.25) is 0 Å². The van der Waals surface area contributed by atoms with Crippen LogP contribution >= 0.6 is 0 Å². The van der Waals surface area contributed by atoms with Crippen LogP contribution in [0, 0.1) is 12.7 Å². The van der Waals surface area contributed by atoms with Crippen LogP contribution in [0.4, 0.5) is 4.39 Å². The lowest BCUT2D eigenvalue weighted by atomic mass is 10.0. The summed E-state index contributed by atoms with van der Waals surface area (Å²) >= 11 is 0. The van der Waals surface area contributed by atoms with E-state index in [2.05, 4.69) is 0 Å². The minimum absolute atomic E-state index is 0.0669. The Balaban J connectivity index is 2.77. The van der Waals surface area contributed by atoms with Gasteiger partial charge in [-0.3, -0.25) is 0 Å². The summed E-state index contributed by atoms with van der Waals surface area (Å²) in [6.45, 7) is 3.89. The van der Waals surface area contributed by atoms with Gasteiger partial charge in [0.1, 0.15) is 5.82 Å². The van der Waals surface area contributed by atoms with Gasteiger partial charge in [0.05, 0.1) is 0 Å². The molecule has 0 aliphatic rings. The van der Waals surface area contributed by atoms with Crippen molar-refractivity contribution in [2.75, 3.05) is 0 Å². The molecule has 1 aromatic rings. The fraction of sp³-hybridized carbons (Fsp3) is 0.455. The molecular weight excluding hydrogens is 165 g/mol. The van der Waals surface area contributed by atoms with E-state index in [0.717, 1.165) is 17.5 Å². The first-order valence-corrected chi connectivity index (χ1v) is 4.64. The average molecular weight is 181 g/mol. The van der Waals surface area contributed by atoms with Crippen molar-refractivity contribution in [1.82, 2.24) is 0 Å². The Bertz CT molecular complexity index is 283. The zero-order valence-electron chi connectivity index (χ0n) is 8.18. The number of nitrogens with two attached hydrogens (primary N) is 1. The zero-order chi connectivity index (χ0) is 9.84. The molecule has 0 saturated carbocycles. The van der Waals surface area contributed by atoms with E-state index in [1.807, 2.05) is 26.0 Å². The molecule has 2 heteroatoms. The van der Waals surface area contributed by atoms with Crippen LogP contribution in [-0.4, -0.2) is 6.04 Å². The minimum atomic E-state index is -0.135. The number of rotatable bonds is 3. The lowest BCUT2D eigenvalue weighted by Crippen LogP contribution is -2.21. The normalized spacial score (nSPS) is 12.9. The molecule has 0 saturated heterocycles. The molecule has 1 unspecified atom stereocenters. The topological polar surface area (TPSA) is 26.0 Å². The van der Waals surface area contributed by atoms with Crippen LogP contribution in [0.1, 0.15) is 24.5 Å². The van der Waals surface area contributed by atoms with Crippen molar-refractivity contribution >= 4 is 0 Å². The number of hydrogen-bond acceptors (Lipinski definition) is 1. The molecule has 0 fully saturated rings. The number of halogens is 1. The van der Waals surface area contributed by atoms with E-state index in [4.69, 9.17) is 5.73 Å². The molecule has 0 heterocycles. The molecule has 72 valence electrons. The summed E-state index contributed by atoms with van der Waals surface area (Å²) in [4.78, 5) is 0. The van der Waals surface area contributed by atoms with Crippen molar-refractivity contribution in [2.45, 2.75) is 32.7 Å². The molecule has 0 aliphatic heterocycles. The summed E-state index contributed by atoms with van der Waals surface area (Å²) < 4.78 is 13.3. The maximum Gasteiger partial charge on any atom is 0.126 e. The van der Waals surface area contributed by atoms with Crippen LogP contribution in [-0.2, 0) is 6.42 Å². The first kappa shape index (κ1) is 10.2. The van der Waals surface area contributed by atoms with Crippen LogP contribution in [0.25, 0.3) is 0 Å². The van der Waals surface area contributed by atoms with Gasteiger partial charge in [-0.05, 0) is 37.0 Å². The fourth-order valence-corrected chi connectivity index (χ4v) is 1.24. The second kappa shape index (κ2) is 4.38. The Labute approximate surface area is 78.8 Å². The summed E-state index contributed by atoms with van der Waals surface area (Å²) in [6, 6.07) is 5.36. The van der Waals surface area contributed by atoms with Gasteiger partial charge in [0.25, 0.3) is 0 Å². The maximum atomic E-state index is 13.3. The third kappa shape index (κ3) is 2.81. The Morgan fingerprint density at radius 3 is 2.69 bits per heavy atom. The van der Waals surface area contributed by atoms with E-state index in [1.165, 1.54) is 0 Å². The second-order valence-electron chi connectivity index (χ2n) is 3.47. The Kier molecular flexibility index (Phi) is 3.43. The van der Waals surface area contributed by atoms with Crippen molar-refractivity contribution in [3.63, 3.8) is 0 Å². The molecule has 1 rings (SSSR count). The van der Waals surface area contributed by atoms with E-state index in [0.29, 0.717) is 6.42 Å². The molecule has 2 N–H and O–H groups in total. The SMILES string of the molecule is CCC(N)Cc1ccc(C)cc1F. The summed E-state index contributed by atoms with van der Waals surface area (Å²) in [5.41, 5.74) is 7.42. The molecular formula is C11H16FN. The standard InChI is InChI=1S/C11H16FN/c1-3-10(13)7-9-5-4-8(2)6-11(9)12/h4-6,10H,3,7,13H2,1-2H3. The van der Waals surface area contributed by atoms with Gasteiger partial charge in [0, 0.05) is 6.04 Å². The molecule has 1 aromatic carbocycles. The maximum absolute atomic E-state index is 13.3. The predicted molar refractivity (Wildman–Crippen MR) is 53.1 cm³/mol. The van der Waals surface area contributed by atoms with Gasteiger partial charge in [-0.25, -0.2) is 4.39 Å². The van der Waals surface area contributed by atoms with Gasteiger partial charge in [-0.2, -0.15) is 0 Å². The molecule has 0 spiro atoms. The van der Waals surface area contributed by atoms with Crippen molar-refractivity contribution in [3.05, 3.63) is 35.1 Å². The zero-order valence-corrected chi connectivity index (χ0v) is 8.18. The second-order valence-corrected chi connectivity index (χ2v) is 3.47. The number of hydrogen-bond donors (Lipinski definition) is 1. The summed E-state index contributed by atoms with van der Waals surface area (Å²) in [5, 5.41) is 0. The van der Waals surface area contributed by atoms with Crippen LogP contribution in [0.3, 0.4) is 0 Å². The molecule has 0 radical (unpaired) electrons. The monoisotopic (exact) mass is 181 g/mol. The Morgan fingerprint density at radius 2 is 2.15 bits per heavy atom. The Morgan fingerprint density at radius 1 is 1.46 bits per heavy atom. The average Bonchev–Trinajstić information content (AvgIpc) is 2.09. The van der Waals surface area contributed by atoms with Crippen molar-refractivity contribution in [2.24, 2.45) is 5.73 Å². The lowest BCUT2D eigenvalue weighted by Gasteiger charge is -2.09. The van der Waals surface area contributed by atoms with Crippen LogP contribution in [0.5, 0.6) is 0 Å². The first-order valence-electron chi connectivity index (χ1n) is 4.64. The van der Waals surface area contributed by atoms with E-state index in [1.54, 1.807) is 6.07 Å². The largest absolute Gasteiger partial charge is 0.327 e. The van der Waals surface area contributed by atoms with Crippen LogP contribution < -0.4 is 5.73 Å². The van der Waals surface area contributed by atoms with E-state index < -0.39 is 0 Å². The highest BCUT2D eigenvalue weighted by Crippen LogP contribution is 2.12. The third-order valence-electron chi connectivity index (χ3n) is 2.22. The molecule has 0 aromatic heterocycles. The predicted octanol–water partition coefficient (Wildman–Crippen LogP) is 2.41. The van der Waals surface area contributed by atoms with Crippen molar-refractivity contribution in [3.8, 4) is 0 Å². The molecule has 0 aliphatic carbocycles. The van der Waals surface area contributed by atoms with E-state index in [-0.39, 0.29) is 11.9 Å². The molecule has 0 bridgehead atoms. The van der Waals surface area contributed by atoms with Gasteiger partial charge >= 0.3 is 0 Å². The van der Waals surface area contributed by atoms with Gasteiger partial charge < -0.3 is 5.73 Å². The number of aryl methyl sites for hydroxylation is 1. The molecule has 1 atom stereocenters. The van der Waals surface area contributed by atoms with Gasteiger partial charge in [-0.1, -0.05) is 19.1 Å².